The standard InChI is InChI=1S/C12H22N2O3/c1-16-11-3-2-6-14(9-11)12(15)13-10-4-7-17-8-5-10/h10-11H,2-9H2,1H3,(H,13,15). The molecule has 0 spiro atoms. The summed E-state index contributed by atoms with van der Waals surface area (Å²) in [7, 11) is 1.71. The van der Waals surface area contributed by atoms with Crippen molar-refractivity contribution in [3.05, 3.63) is 0 Å². The number of likely N-dealkylation sites (tertiary alicyclic amines) is 1. The van der Waals surface area contributed by atoms with Crippen LogP contribution in [0.15, 0.2) is 0 Å². The first-order valence-corrected chi connectivity index (χ1v) is 6.45. The van der Waals surface area contributed by atoms with E-state index >= 15 is 0 Å². The lowest BCUT2D eigenvalue weighted by atomic mass is 10.1. The summed E-state index contributed by atoms with van der Waals surface area (Å²) in [6, 6.07) is 0.331. The molecule has 0 saturated carbocycles. The molecule has 5 heteroatoms. The minimum absolute atomic E-state index is 0.0543. The number of carbonyl (C=O) groups is 1. The van der Waals surface area contributed by atoms with Gasteiger partial charge in [0.05, 0.1) is 6.10 Å². The highest BCUT2D eigenvalue weighted by molar-refractivity contribution is 5.74. The molecule has 2 amide bonds. The number of hydrogen-bond donors (Lipinski definition) is 1. The second-order valence-corrected chi connectivity index (χ2v) is 4.78. The third-order valence-corrected chi connectivity index (χ3v) is 3.55. The normalized spacial score (nSPS) is 26.9. The van der Waals surface area contributed by atoms with Crippen LogP contribution < -0.4 is 5.32 Å². The van der Waals surface area contributed by atoms with E-state index in [2.05, 4.69) is 5.32 Å². The van der Waals surface area contributed by atoms with Gasteiger partial charge in [-0.05, 0) is 25.7 Å². The van der Waals surface area contributed by atoms with Gasteiger partial charge in [0.25, 0.3) is 0 Å². The molecule has 5 nitrogen and oxygen atoms in total. The van der Waals surface area contributed by atoms with E-state index in [0.29, 0.717) is 6.54 Å². The van der Waals surface area contributed by atoms with Crippen LogP contribution in [0.3, 0.4) is 0 Å². The van der Waals surface area contributed by atoms with Gasteiger partial charge in [-0.1, -0.05) is 0 Å². The van der Waals surface area contributed by atoms with Crippen molar-refractivity contribution in [1.82, 2.24) is 10.2 Å². The molecule has 1 atom stereocenters. The minimum Gasteiger partial charge on any atom is -0.381 e. The SMILES string of the molecule is COC1CCCN(C(=O)NC2CCOCC2)C1. The van der Waals surface area contributed by atoms with Gasteiger partial charge in [0, 0.05) is 39.5 Å². The van der Waals surface area contributed by atoms with Gasteiger partial charge in [-0.15, -0.1) is 0 Å². The fraction of sp³-hybridized carbons (Fsp3) is 0.917. The number of rotatable bonds is 2. The van der Waals surface area contributed by atoms with Crippen LogP contribution in [0.25, 0.3) is 0 Å². The largest absolute Gasteiger partial charge is 0.381 e. The molecule has 0 bridgehead atoms. The molecule has 1 N–H and O–H groups in total. The molecular weight excluding hydrogens is 220 g/mol. The van der Waals surface area contributed by atoms with Crippen LogP contribution in [0.1, 0.15) is 25.7 Å². The van der Waals surface area contributed by atoms with Crippen molar-refractivity contribution in [3.63, 3.8) is 0 Å². The maximum absolute atomic E-state index is 12.0. The van der Waals surface area contributed by atoms with Crippen molar-refractivity contribution in [2.24, 2.45) is 0 Å². The molecule has 0 aromatic heterocycles. The van der Waals surface area contributed by atoms with Gasteiger partial charge in [-0.25, -0.2) is 4.79 Å². The Labute approximate surface area is 102 Å². The fourth-order valence-corrected chi connectivity index (χ4v) is 2.42. The predicted molar refractivity (Wildman–Crippen MR) is 64.0 cm³/mol. The molecule has 2 aliphatic heterocycles. The van der Waals surface area contributed by atoms with Gasteiger partial charge in [-0.3, -0.25) is 0 Å². The number of hydrogen-bond acceptors (Lipinski definition) is 3. The van der Waals surface area contributed by atoms with Crippen molar-refractivity contribution in [2.75, 3.05) is 33.4 Å². The van der Waals surface area contributed by atoms with Crippen LogP contribution in [0, 0.1) is 0 Å². The van der Waals surface area contributed by atoms with E-state index in [1.165, 1.54) is 0 Å². The second kappa shape index (κ2) is 6.21. The van der Waals surface area contributed by atoms with Gasteiger partial charge < -0.3 is 19.7 Å². The Kier molecular flexibility index (Phi) is 4.62. The zero-order chi connectivity index (χ0) is 12.1. The Morgan fingerprint density at radius 1 is 1.35 bits per heavy atom. The molecule has 0 aliphatic carbocycles. The molecule has 2 heterocycles. The molecule has 0 aromatic carbocycles. The summed E-state index contributed by atoms with van der Waals surface area (Å²) in [5, 5.41) is 3.08. The van der Waals surface area contributed by atoms with Gasteiger partial charge in [0.1, 0.15) is 0 Å². The van der Waals surface area contributed by atoms with E-state index in [0.717, 1.165) is 45.4 Å². The molecule has 2 fully saturated rings. The zero-order valence-corrected chi connectivity index (χ0v) is 10.5. The first-order chi connectivity index (χ1) is 8.29. The van der Waals surface area contributed by atoms with E-state index in [1.807, 2.05) is 4.90 Å². The Bertz CT molecular complexity index is 254. The number of piperidine rings is 1. The summed E-state index contributed by atoms with van der Waals surface area (Å²) in [5.74, 6) is 0. The molecular formula is C12H22N2O3. The van der Waals surface area contributed by atoms with Crippen LogP contribution in [-0.2, 0) is 9.47 Å². The Morgan fingerprint density at radius 2 is 2.12 bits per heavy atom. The number of nitrogens with zero attached hydrogens (tertiary/aromatic N) is 1. The lowest BCUT2D eigenvalue weighted by Crippen LogP contribution is -2.51. The lowest BCUT2D eigenvalue weighted by molar-refractivity contribution is 0.0403. The third-order valence-electron chi connectivity index (χ3n) is 3.55. The van der Waals surface area contributed by atoms with E-state index in [-0.39, 0.29) is 18.2 Å². The van der Waals surface area contributed by atoms with E-state index in [1.54, 1.807) is 7.11 Å². The van der Waals surface area contributed by atoms with Crippen LogP contribution in [0.4, 0.5) is 4.79 Å². The Morgan fingerprint density at radius 3 is 2.82 bits per heavy atom. The average molecular weight is 242 g/mol. The summed E-state index contributed by atoms with van der Waals surface area (Å²) < 4.78 is 10.6. The van der Waals surface area contributed by atoms with Crippen molar-refractivity contribution < 1.29 is 14.3 Å². The molecule has 98 valence electrons. The molecule has 0 radical (unpaired) electrons. The second-order valence-electron chi connectivity index (χ2n) is 4.78. The van der Waals surface area contributed by atoms with Crippen molar-refractivity contribution in [2.45, 2.75) is 37.8 Å². The fourth-order valence-electron chi connectivity index (χ4n) is 2.42. The topological polar surface area (TPSA) is 50.8 Å². The maximum Gasteiger partial charge on any atom is 0.317 e. The van der Waals surface area contributed by atoms with Crippen molar-refractivity contribution in [3.8, 4) is 0 Å². The van der Waals surface area contributed by atoms with E-state index in [4.69, 9.17) is 9.47 Å². The number of methoxy groups -OCH3 is 1. The number of nitrogens with one attached hydrogen (secondary N) is 1. The highest BCUT2D eigenvalue weighted by atomic mass is 16.5. The first kappa shape index (κ1) is 12.6. The summed E-state index contributed by atoms with van der Waals surface area (Å²) in [6.45, 7) is 3.07. The molecule has 2 rings (SSSR count). The van der Waals surface area contributed by atoms with Crippen LogP contribution in [-0.4, -0.2) is 56.5 Å². The summed E-state index contributed by atoms with van der Waals surface area (Å²) >= 11 is 0. The van der Waals surface area contributed by atoms with Crippen molar-refractivity contribution >= 4 is 6.03 Å². The van der Waals surface area contributed by atoms with Gasteiger partial charge in [-0.2, -0.15) is 0 Å². The van der Waals surface area contributed by atoms with Crippen LogP contribution >= 0.6 is 0 Å². The van der Waals surface area contributed by atoms with Crippen LogP contribution in [0.5, 0.6) is 0 Å². The Hall–Kier alpha value is -0.810. The number of urea groups is 1. The predicted octanol–water partition coefficient (Wildman–Crippen LogP) is 0.986. The Balaban J connectivity index is 1.78. The quantitative estimate of drug-likeness (QED) is 0.785. The summed E-state index contributed by atoms with van der Waals surface area (Å²) in [6.07, 6.45) is 4.13. The highest BCUT2D eigenvalue weighted by Crippen LogP contribution is 2.13. The molecule has 2 saturated heterocycles. The summed E-state index contributed by atoms with van der Waals surface area (Å²) in [5.41, 5.74) is 0. The van der Waals surface area contributed by atoms with E-state index < -0.39 is 0 Å². The lowest BCUT2D eigenvalue weighted by Gasteiger charge is -2.33. The molecule has 2 aliphatic rings. The maximum atomic E-state index is 12.0. The summed E-state index contributed by atoms with van der Waals surface area (Å²) in [4.78, 5) is 13.9. The number of ether oxygens (including phenoxy) is 2. The monoisotopic (exact) mass is 242 g/mol. The number of carbonyl (C=O) groups excluding carboxylic acids is 1. The zero-order valence-electron chi connectivity index (χ0n) is 10.5. The average Bonchev–Trinajstić information content (AvgIpc) is 2.40. The molecule has 0 aromatic rings. The van der Waals surface area contributed by atoms with E-state index in [9.17, 15) is 4.79 Å². The molecule has 17 heavy (non-hydrogen) atoms. The highest BCUT2D eigenvalue weighted by Gasteiger charge is 2.25. The van der Waals surface area contributed by atoms with Gasteiger partial charge in [0.2, 0.25) is 0 Å². The number of amides is 2. The van der Waals surface area contributed by atoms with Gasteiger partial charge >= 0.3 is 6.03 Å². The smallest absolute Gasteiger partial charge is 0.317 e. The van der Waals surface area contributed by atoms with Crippen molar-refractivity contribution in [1.29, 1.82) is 0 Å². The first-order valence-electron chi connectivity index (χ1n) is 6.45. The van der Waals surface area contributed by atoms with Crippen LogP contribution in [0.2, 0.25) is 0 Å². The van der Waals surface area contributed by atoms with Gasteiger partial charge in [0.15, 0.2) is 0 Å². The molecule has 1 unspecified atom stereocenters. The minimum atomic E-state index is 0.0543. The third kappa shape index (κ3) is 3.57.